The van der Waals surface area contributed by atoms with E-state index in [9.17, 15) is 19.8 Å². The zero-order chi connectivity index (χ0) is 15.4. The van der Waals surface area contributed by atoms with E-state index in [2.05, 4.69) is 10.6 Å². The second-order valence-corrected chi connectivity index (χ2v) is 5.14. The zero-order valence-electron chi connectivity index (χ0n) is 11.4. The maximum Gasteiger partial charge on any atom is 0.339 e. The maximum absolute atomic E-state index is 11.8. The van der Waals surface area contributed by atoms with E-state index in [-0.39, 0.29) is 17.7 Å². The monoisotopic (exact) mass is 294 g/mol. The molecule has 0 spiro atoms. The molecule has 1 saturated carbocycles. The summed E-state index contributed by atoms with van der Waals surface area (Å²) in [5, 5.41) is 33.1. The van der Waals surface area contributed by atoms with Crippen LogP contribution >= 0.6 is 0 Å². The largest absolute Gasteiger partial charge is 0.507 e. The molecule has 1 aromatic carbocycles. The number of amides is 2. The Morgan fingerprint density at radius 3 is 2.38 bits per heavy atom. The highest BCUT2D eigenvalue weighted by molar-refractivity contribution is 5.94. The van der Waals surface area contributed by atoms with Gasteiger partial charge in [0.2, 0.25) is 0 Å². The summed E-state index contributed by atoms with van der Waals surface area (Å²) in [6, 6.07) is 3.42. The molecule has 1 aliphatic carbocycles. The number of hydrogen-bond acceptors (Lipinski definition) is 4. The van der Waals surface area contributed by atoms with E-state index in [1.165, 1.54) is 18.2 Å². The predicted octanol–water partition coefficient (Wildman–Crippen LogP) is 1.52. The Bertz CT molecular complexity index is 538. The average Bonchev–Trinajstić information content (AvgIpc) is 2.41. The van der Waals surface area contributed by atoms with Crippen molar-refractivity contribution >= 4 is 17.7 Å². The van der Waals surface area contributed by atoms with E-state index >= 15 is 0 Å². The summed E-state index contributed by atoms with van der Waals surface area (Å²) in [5.74, 6) is -1.63. The number of aliphatic hydroxyl groups is 1. The van der Waals surface area contributed by atoms with Crippen LogP contribution in [0.3, 0.4) is 0 Å². The van der Waals surface area contributed by atoms with Crippen LogP contribution in [-0.2, 0) is 0 Å². The molecule has 2 rings (SSSR count). The zero-order valence-corrected chi connectivity index (χ0v) is 11.4. The van der Waals surface area contributed by atoms with Gasteiger partial charge in [0.1, 0.15) is 11.3 Å². The lowest BCUT2D eigenvalue weighted by Gasteiger charge is -2.26. The summed E-state index contributed by atoms with van der Waals surface area (Å²) in [4.78, 5) is 22.6. The molecule has 2 amide bonds. The SMILES string of the molecule is O=C(Nc1ccc(C(=O)O)c(O)c1)NC1CCC(O)CC1. The molecule has 1 fully saturated rings. The topological polar surface area (TPSA) is 119 Å². The number of carbonyl (C=O) groups excluding carboxylic acids is 1. The second kappa shape index (κ2) is 6.45. The molecule has 114 valence electrons. The Morgan fingerprint density at radius 2 is 1.81 bits per heavy atom. The fourth-order valence-corrected chi connectivity index (χ4v) is 2.36. The predicted molar refractivity (Wildman–Crippen MR) is 75.5 cm³/mol. The number of aromatic hydroxyl groups is 1. The first-order valence-electron chi connectivity index (χ1n) is 6.77. The third-order valence-electron chi connectivity index (χ3n) is 3.52. The van der Waals surface area contributed by atoms with Gasteiger partial charge in [0.25, 0.3) is 0 Å². The number of carboxylic acid groups (broad SMARTS) is 1. The van der Waals surface area contributed by atoms with Crippen molar-refractivity contribution in [1.82, 2.24) is 5.32 Å². The number of nitrogens with one attached hydrogen (secondary N) is 2. The van der Waals surface area contributed by atoms with Gasteiger partial charge in [0.15, 0.2) is 0 Å². The van der Waals surface area contributed by atoms with Crippen LogP contribution in [0.4, 0.5) is 10.5 Å². The van der Waals surface area contributed by atoms with Crippen molar-refractivity contribution in [2.75, 3.05) is 5.32 Å². The number of urea groups is 1. The van der Waals surface area contributed by atoms with Gasteiger partial charge in [-0.3, -0.25) is 0 Å². The highest BCUT2D eigenvalue weighted by atomic mass is 16.4. The molecule has 0 saturated heterocycles. The molecule has 7 heteroatoms. The van der Waals surface area contributed by atoms with Crippen molar-refractivity contribution in [1.29, 1.82) is 0 Å². The van der Waals surface area contributed by atoms with Crippen molar-refractivity contribution in [3.8, 4) is 5.75 Å². The number of phenols is 1. The number of carboxylic acids is 1. The summed E-state index contributed by atoms with van der Waals surface area (Å²) in [5.41, 5.74) is 0.0908. The smallest absolute Gasteiger partial charge is 0.339 e. The lowest BCUT2D eigenvalue weighted by molar-refractivity contribution is 0.0693. The van der Waals surface area contributed by atoms with Crippen molar-refractivity contribution < 1.29 is 24.9 Å². The molecule has 0 aromatic heterocycles. The molecule has 0 atom stereocenters. The number of carbonyl (C=O) groups is 2. The third-order valence-corrected chi connectivity index (χ3v) is 3.52. The van der Waals surface area contributed by atoms with Gasteiger partial charge >= 0.3 is 12.0 Å². The summed E-state index contributed by atoms with van der Waals surface area (Å²) in [6.07, 6.45) is 2.49. The molecule has 21 heavy (non-hydrogen) atoms. The first kappa shape index (κ1) is 15.1. The lowest BCUT2D eigenvalue weighted by Crippen LogP contribution is -2.40. The van der Waals surface area contributed by atoms with Crippen LogP contribution < -0.4 is 10.6 Å². The van der Waals surface area contributed by atoms with E-state index in [1.54, 1.807) is 0 Å². The van der Waals surface area contributed by atoms with Crippen LogP contribution in [0.25, 0.3) is 0 Å². The lowest BCUT2D eigenvalue weighted by atomic mass is 9.93. The van der Waals surface area contributed by atoms with Crippen LogP contribution in [0, 0.1) is 0 Å². The molecule has 5 N–H and O–H groups in total. The van der Waals surface area contributed by atoms with E-state index in [4.69, 9.17) is 5.11 Å². The minimum absolute atomic E-state index is 0.0142. The van der Waals surface area contributed by atoms with Gasteiger partial charge < -0.3 is 26.0 Å². The van der Waals surface area contributed by atoms with E-state index < -0.39 is 17.7 Å². The van der Waals surface area contributed by atoms with Gasteiger partial charge in [-0.1, -0.05) is 0 Å². The highest BCUT2D eigenvalue weighted by Crippen LogP contribution is 2.22. The number of anilines is 1. The fraction of sp³-hybridized carbons (Fsp3) is 0.429. The van der Waals surface area contributed by atoms with Crippen LogP contribution in [0.1, 0.15) is 36.0 Å². The van der Waals surface area contributed by atoms with Gasteiger partial charge in [0.05, 0.1) is 6.10 Å². The molecule has 7 nitrogen and oxygen atoms in total. The Kier molecular flexibility index (Phi) is 4.64. The van der Waals surface area contributed by atoms with Gasteiger partial charge in [0, 0.05) is 17.8 Å². The fourth-order valence-electron chi connectivity index (χ4n) is 2.36. The van der Waals surface area contributed by atoms with E-state index in [1.807, 2.05) is 0 Å². The van der Waals surface area contributed by atoms with Gasteiger partial charge in [-0.2, -0.15) is 0 Å². The minimum atomic E-state index is -1.23. The maximum atomic E-state index is 11.8. The Morgan fingerprint density at radius 1 is 1.14 bits per heavy atom. The number of hydrogen-bond donors (Lipinski definition) is 5. The average molecular weight is 294 g/mol. The second-order valence-electron chi connectivity index (χ2n) is 5.14. The normalized spacial score (nSPS) is 21.6. The highest BCUT2D eigenvalue weighted by Gasteiger charge is 2.20. The quantitative estimate of drug-likeness (QED) is 0.579. The molecule has 0 radical (unpaired) electrons. The van der Waals surface area contributed by atoms with Crippen molar-refractivity contribution in [3.63, 3.8) is 0 Å². The number of aliphatic hydroxyl groups excluding tert-OH is 1. The minimum Gasteiger partial charge on any atom is -0.507 e. The van der Waals surface area contributed by atoms with Crippen LogP contribution in [0.2, 0.25) is 0 Å². The summed E-state index contributed by atoms with van der Waals surface area (Å²) in [7, 11) is 0. The number of rotatable bonds is 3. The summed E-state index contributed by atoms with van der Waals surface area (Å²) < 4.78 is 0. The molecule has 0 aliphatic heterocycles. The molecular formula is C14H18N2O5. The van der Waals surface area contributed by atoms with Gasteiger partial charge in [-0.05, 0) is 37.8 Å². The van der Waals surface area contributed by atoms with Gasteiger partial charge in [-0.25, -0.2) is 9.59 Å². The first-order valence-corrected chi connectivity index (χ1v) is 6.77. The number of aromatic carboxylic acids is 1. The van der Waals surface area contributed by atoms with Crippen LogP contribution in [-0.4, -0.2) is 39.5 Å². The van der Waals surface area contributed by atoms with E-state index in [0.717, 1.165) is 12.8 Å². The molecule has 1 aliphatic rings. The van der Waals surface area contributed by atoms with Crippen molar-refractivity contribution in [2.45, 2.75) is 37.8 Å². The Labute approximate surface area is 121 Å². The molecule has 1 aromatic rings. The standard InChI is InChI=1S/C14H18N2O5/c17-10-4-1-8(2-5-10)15-14(21)16-9-3-6-11(13(19)20)12(18)7-9/h3,6-8,10,17-18H,1-2,4-5H2,(H,19,20)(H2,15,16,21). The van der Waals surface area contributed by atoms with Crippen molar-refractivity contribution in [3.05, 3.63) is 23.8 Å². The summed E-state index contributed by atoms with van der Waals surface area (Å²) >= 11 is 0. The van der Waals surface area contributed by atoms with Crippen LogP contribution in [0.15, 0.2) is 18.2 Å². The third kappa shape index (κ3) is 4.09. The molecule has 0 heterocycles. The molecule has 0 unspecified atom stereocenters. The Balaban J connectivity index is 1.91. The van der Waals surface area contributed by atoms with Gasteiger partial charge in [-0.15, -0.1) is 0 Å². The first-order chi connectivity index (χ1) is 9.95. The summed E-state index contributed by atoms with van der Waals surface area (Å²) in [6.45, 7) is 0. The van der Waals surface area contributed by atoms with E-state index in [0.29, 0.717) is 18.5 Å². The Hall–Kier alpha value is -2.28. The molecular weight excluding hydrogens is 276 g/mol. The van der Waals surface area contributed by atoms with Crippen LogP contribution in [0.5, 0.6) is 5.75 Å². The van der Waals surface area contributed by atoms with Crippen molar-refractivity contribution in [2.24, 2.45) is 0 Å². The molecule has 0 bridgehead atoms. The number of benzene rings is 1.